The molecule has 2 fully saturated rings. The highest BCUT2D eigenvalue weighted by Crippen LogP contribution is 2.24. The Kier molecular flexibility index (Phi) is 4.76. The van der Waals surface area contributed by atoms with Gasteiger partial charge in [-0.15, -0.1) is 0 Å². The summed E-state index contributed by atoms with van der Waals surface area (Å²) in [6.07, 6.45) is 6.69. The fraction of sp³-hybridized carbons (Fsp3) is 0.706. The summed E-state index contributed by atoms with van der Waals surface area (Å²) in [5.41, 5.74) is 0.891. The van der Waals surface area contributed by atoms with Crippen LogP contribution in [0.15, 0.2) is 18.3 Å². The molecule has 0 amide bonds. The summed E-state index contributed by atoms with van der Waals surface area (Å²) in [7, 11) is 0. The number of anilines is 1. The zero-order valence-electron chi connectivity index (χ0n) is 13.0. The second kappa shape index (κ2) is 6.75. The first-order valence-electron chi connectivity index (χ1n) is 8.33. The fourth-order valence-electron chi connectivity index (χ4n) is 3.51. The van der Waals surface area contributed by atoms with Crippen molar-refractivity contribution in [1.82, 2.24) is 9.88 Å². The van der Waals surface area contributed by atoms with Gasteiger partial charge in [0, 0.05) is 25.8 Å². The fourth-order valence-corrected chi connectivity index (χ4v) is 3.51. The van der Waals surface area contributed by atoms with Gasteiger partial charge in [0.15, 0.2) is 0 Å². The first-order chi connectivity index (χ1) is 10.2. The maximum absolute atomic E-state index is 9.54. The van der Waals surface area contributed by atoms with Crippen molar-refractivity contribution in [2.45, 2.75) is 38.7 Å². The number of aromatic nitrogens is 1. The summed E-state index contributed by atoms with van der Waals surface area (Å²) in [6.45, 7) is 7.91. The molecule has 3 rings (SSSR count). The lowest BCUT2D eigenvalue weighted by Gasteiger charge is -2.34. The Morgan fingerprint density at radius 1 is 1.19 bits per heavy atom. The molecule has 4 heteroatoms. The third-order valence-corrected chi connectivity index (χ3v) is 4.91. The van der Waals surface area contributed by atoms with E-state index in [2.05, 4.69) is 14.8 Å². The number of hydrogen-bond acceptors (Lipinski definition) is 4. The van der Waals surface area contributed by atoms with Crippen LogP contribution in [0.5, 0.6) is 0 Å². The van der Waals surface area contributed by atoms with Crippen LogP contribution in [0, 0.1) is 5.92 Å². The number of rotatable bonds is 4. The zero-order valence-corrected chi connectivity index (χ0v) is 13.0. The molecule has 1 unspecified atom stereocenters. The minimum absolute atomic E-state index is 0.433. The van der Waals surface area contributed by atoms with Crippen LogP contribution < -0.4 is 4.90 Å². The predicted octanol–water partition coefficient (Wildman–Crippen LogP) is 2.45. The number of aliphatic hydroxyl groups is 1. The van der Waals surface area contributed by atoms with Crippen molar-refractivity contribution in [3.63, 3.8) is 0 Å². The first kappa shape index (κ1) is 14.8. The van der Waals surface area contributed by atoms with Crippen LogP contribution >= 0.6 is 0 Å². The van der Waals surface area contributed by atoms with Crippen LogP contribution in [-0.4, -0.2) is 47.7 Å². The first-order valence-corrected chi connectivity index (χ1v) is 8.33. The van der Waals surface area contributed by atoms with Gasteiger partial charge >= 0.3 is 0 Å². The number of nitrogens with zero attached hydrogens (tertiary/aromatic N) is 3. The molecule has 1 aromatic rings. The highest BCUT2D eigenvalue weighted by Gasteiger charge is 2.23. The summed E-state index contributed by atoms with van der Waals surface area (Å²) in [6, 6.07) is 4.03. The molecule has 116 valence electrons. The Labute approximate surface area is 127 Å². The number of piperidine rings is 1. The Balaban J connectivity index is 1.50. The van der Waals surface area contributed by atoms with E-state index in [0.29, 0.717) is 0 Å². The molecular weight excluding hydrogens is 262 g/mol. The molecule has 4 nitrogen and oxygen atoms in total. The third-order valence-electron chi connectivity index (χ3n) is 4.91. The molecule has 2 aliphatic heterocycles. The van der Waals surface area contributed by atoms with Crippen LogP contribution in [0.25, 0.3) is 0 Å². The van der Waals surface area contributed by atoms with E-state index >= 15 is 0 Å². The van der Waals surface area contributed by atoms with Gasteiger partial charge in [-0.2, -0.15) is 0 Å². The summed E-state index contributed by atoms with van der Waals surface area (Å²) < 4.78 is 0. The van der Waals surface area contributed by atoms with E-state index < -0.39 is 6.10 Å². The second-order valence-electron chi connectivity index (χ2n) is 6.56. The Bertz CT molecular complexity index is 432. The molecule has 1 atom stereocenters. The summed E-state index contributed by atoms with van der Waals surface area (Å²) in [4.78, 5) is 9.52. The van der Waals surface area contributed by atoms with E-state index in [9.17, 15) is 5.11 Å². The van der Waals surface area contributed by atoms with Crippen LogP contribution in [0.1, 0.15) is 44.3 Å². The number of hydrogen-bond donors (Lipinski definition) is 1. The summed E-state index contributed by atoms with van der Waals surface area (Å²) in [5, 5.41) is 9.54. The molecule has 0 spiro atoms. The molecule has 21 heavy (non-hydrogen) atoms. The Morgan fingerprint density at radius 3 is 2.48 bits per heavy atom. The number of aliphatic hydroxyl groups excluding tert-OH is 1. The van der Waals surface area contributed by atoms with Crippen molar-refractivity contribution in [1.29, 1.82) is 0 Å². The largest absolute Gasteiger partial charge is 0.389 e. The van der Waals surface area contributed by atoms with Crippen LogP contribution in [0.3, 0.4) is 0 Å². The van der Waals surface area contributed by atoms with Crippen LogP contribution in [0.2, 0.25) is 0 Å². The molecule has 0 aromatic carbocycles. The van der Waals surface area contributed by atoms with E-state index in [1.807, 2.05) is 12.1 Å². The third kappa shape index (κ3) is 3.74. The van der Waals surface area contributed by atoms with Gasteiger partial charge in [0.1, 0.15) is 5.82 Å². The van der Waals surface area contributed by atoms with Crippen molar-refractivity contribution in [3.8, 4) is 0 Å². The number of likely N-dealkylation sites (tertiary alicyclic amines) is 1. The van der Waals surface area contributed by atoms with Gasteiger partial charge < -0.3 is 14.9 Å². The van der Waals surface area contributed by atoms with Crippen LogP contribution in [0.4, 0.5) is 5.82 Å². The Morgan fingerprint density at radius 2 is 1.90 bits per heavy atom. The molecule has 0 radical (unpaired) electrons. The Hall–Kier alpha value is -1.13. The molecule has 2 aliphatic rings. The summed E-state index contributed by atoms with van der Waals surface area (Å²) in [5.74, 6) is 1.91. The molecular formula is C17H27N3O. The molecule has 0 aliphatic carbocycles. The van der Waals surface area contributed by atoms with Crippen molar-refractivity contribution < 1.29 is 5.11 Å². The van der Waals surface area contributed by atoms with Gasteiger partial charge in [-0.25, -0.2) is 4.98 Å². The van der Waals surface area contributed by atoms with Gasteiger partial charge in [0.2, 0.25) is 0 Å². The topological polar surface area (TPSA) is 39.6 Å². The van der Waals surface area contributed by atoms with Crippen molar-refractivity contribution in [2.24, 2.45) is 5.92 Å². The van der Waals surface area contributed by atoms with E-state index in [4.69, 9.17) is 0 Å². The molecule has 3 heterocycles. The molecule has 0 bridgehead atoms. The lowest BCUT2D eigenvalue weighted by Crippen LogP contribution is -2.38. The highest BCUT2D eigenvalue weighted by molar-refractivity contribution is 5.40. The van der Waals surface area contributed by atoms with Crippen molar-refractivity contribution in [3.05, 3.63) is 23.9 Å². The van der Waals surface area contributed by atoms with Gasteiger partial charge in [0.05, 0.1) is 6.10 Å². The van der Waals surface area contributed by atoms with Gasteiger partial charge in [-0.05, 0) is 63.2 Å². The zero-order chi connectivity index (χ0) is 14.7. The average Bonchev–Trinajstić information content (AvgIpc) is 3.01. The molecule has 1 N–H and O–H groups in total. The van der Waals surface area contributed by atoms with Crippen molar-refractivity contribution >= 4 is 5.82 Å². The smallest absolute Gasteiger partial charge is 0.128 e. The molecule has 2 saturated heterocycles. The number of pyridine rings is 1. The van der Waals surface area contributed by atoms with E-state index in [0.717, 1.165) is 30.4 Å². The molecule has 0 saturated carbocycles. The van der Waals surface area contributed by atoms with E-state index in [1.54, 1.807) is 13.1 Å². The second-order valence-corrected chi connectivity index (χ2v) is 6.56. The normalized spacial score (nSPS) is 22.7. The van der Waals surface area contributed by atoms with Gasteiger partial charge in [-0.3, -0.25) is 0 Å². The van der Waals surface area contributed by atoms with E-state index in [-0.39, 0.29) is 0 Å². The van der Waals surface area contributed by atoms with Gasteiger partial charge in [0.25, 0.3) is 0 Å². The van der Waals surface area contributed by atoms with E-state index in [1.165, 1.54) is 45.3 Å². The monoisotopic (exact) mass is 289 g/mol. The highest BCUT2D eigenvalue weighted by atomic mass is 16.3. The lowest BCUT2D eigenvalue weighted by molar-refractivity contribution is 0.199. The average molecular weight is 289 g/mol. The predicted molar refractivity (Wildman–Crippen MR) is 85.5 cm³/mol. The quantitative estimate of drug-likeness (QED) is 0.924. The SMILES string of the molecule is CC(O)c1ccc(N2CCC(CN3CCCC3)CC2)nc1. The minimum Gasteiger partial charge on any atom is -0.389 e. The molecule has 1 aromatic heterocycles. The van der Waals surface area contributed by atoms with Crippen molar-refractivity contribution in [2.75, 3.05) is 37.6 Å². The van der Waals surface area contributed by atoms with Crippen LogP contribution in [-0.2, 0) is 0 Å². The lowest BCUT2D eigenvalue weighted by atomic mass is 9.96. The standard InChI is InChI=1S/C17H27N3O/c1-14(21)16-4-5-17(18-12-16)20-10-6-15(7-11-20)13-19-8-2-3-9-19/h4-5,12,14-15,21H,2-3,6-11,13H2,1H3. The minimum atomic E-state index is -0.433. The maximum Gasteiger partial charge on any atom is 0.128 e. The van der Waals surface area contributed by atoms with Gasteiger partial charge in [-0.1, -0.05) is 6.07 Å². The summed E-state index contributed by atoms with van der Waals surface area (Å²) >= 11 is 0. The maximum atomic E-state index is 9.54.